The Bertz CT molecular complexity index is 485. The average Bonchev–Trinajstić information content (AvgIpc) is 2.33. The molecule has 2 nitrogen and oxygen atoms in total. The van der Waals surface area contributed by atoms with E-state index in [0.29, 0.717) is 5.56 Å². The van der Waals surface area contributed by atoms with Gasteiger partial charge in [0.15, 0.2) is 0 Å². The van der Waals surface area contributed by atoms with Crippen LogP contribution in [-0.2, 0) is 32.7 Å². The summed E-state index contributed by atoms with van der Waals surface area (Å²) in [7, 11) is 0. The summed E-state index contributed by atoms with van der Waals surface area (Å²) in [6.45, 7) is 3.93. The van der Waals surface area contributed by atoms with Crippen LogP contribution >= 0.6 is 15.9 Å². The Morgan fingerprint density at radius 1 is 1.41 bits per heavy atom. The molecule has 17 heavy (non-hydrogen) atoms. The number of nitrogens with zero attached hydrogens (tertiary/aromatic N) is 1. The van der Waals surface area contributed by atoms with Crippen LogP contribution in [-0.4, -0.2) is 4.83 Å². The van der Waals surface area contributed by atoms with Gasteiger partial charge in [-0.05, 0) is 0 Å². The van der Waals surface area contributed by atoms with Crippen LogP contribution in [0.1, 0.15) is 17.5 Å². The van der Waals surface area contributed by atoms with Crippen molar-refractivity contribution in [2.75, 3.05) is 0 Å². The second-order valence-corrected chi connectivity index (χ2v) is 4.67. The van der Waals surface area contributed by atoms with Crippen LogP contribution in [0.3, 0.4) is 0 Å². The fourth-order valence-corrected chi connectivity index (χ4v) is 1.76. The van der Waals surface area contributed by atoms with Gasteiger partial charge in [0, 0.05) is 48.8 Å². The van der Waals surface area contributed by atoms with Gasteiger partial charge < -0.3 is 5.32 Å². The zero-order chi connectivity index (χ0) is 11.5. The van der Waals surface area contributed by atoms with Crippen LogP contribution in [0.5, 0.6) is 0 Å². The molecule has 0 saturated carbocycles. The summed E-state index contributed by atoms with van der Waals surface area (Å²) in [6, 6.07) is 9.52. The number of alkyl halides is 1. The van der Waals surface area contributed by atoms with E-state index >= 15 is 0 Å². The van der Waals surface area contributed by atoms with Crippen LogP contribution in [0.4, 0.5) is 0 Å². The van der Waals surface area contributed by atoms with Crippen molar-refractivity contribution in [3.8, 4) is 6.07 Å². The molecule has 1 aromatic rings. The Labute approximate surface area is 135 Å². The normalized spacial score (nSPS) is 18.5. The molecule has 0 aromatic heterocycles. The summed E-state index contributed by atoms with van der Waals surface area (Å²) in [5.41, 5.74) is 3.57. The number of nitriles is 1. The summed E-state index contributed by atoms with van der Waals surface area (Å²) in [5.74, 6) is 0. The smallest absolute Gasteiger partial charge is 0.0990 e. The van der Waals surface area contributed by atoms with Crippen molar-refractivity contribution in [2.45, 2.75) is 11.2 Å². The number of hydrogen-bond acceptors (Lipinski definition) is 2. The molecule has 1 aromatic carbocycles. The molecule has 0 spiro atoms. The minimum atomic E-state index is 0. The maximum atomic E-state index is 8.71. The predicted octanol–water partition coefficient (Wildman–Crippen LogP) is 2.97. The molecule has 1 unspecified atom stereocenters. The van der Waals surface area contributed by atoms with Gasteiger partial charge >= 0.3 is 0 Å². The third-order valence-electron chi connectivity index (χ3n) is 2.42. The Morgan fingerprint density at radius 2 is 2.06 bits per heavy atom. The molecule has 1 aliphatic rings. The quantitative estimate of drug-likeness (QED) is 0.615. The van der Waals surface area contributed by atoms with Crippen LogP contribution in [0, 0.1) is 17.4 Å². The van der Waals surface area contributed by atoms with Gasteiger partial charge in [-0.15, -0.1) is 17.8 Å². The molecule has 4 heteroatoms. The Kier molecular flexibility index (Phi) is 5.59. The molecule has 0 amide bonds. The first-order chi connectivity index (χ1) is 7.70. The van der Waals surface area contributed by atoms with E-state index in [2.05, 4.69) is 40.0 Å². The minimum absolute atomic E-state index is 0. The third kappa shape index (κ3) is 3.51. The first kappa shape index (κ1) is 14.6. The van der Waals surface area contributed by atoms with E-state index in [1.165, 1.54) is 0 Å². The summed E-state index contributed by atoms with van der Waals surface area (Å²) >= 11 is 3.50. The molecule has 1 aliphatic heterocycles. The first-order valence-corrected chi connectivity index (χ1v) is 5.83. The minimum Gasteiger partial charge on any atom is -0.393 e. The summed E-state index contributed by atoms with van der Waals surface area (Å²) in [6.07, 6.45) is 4.07. The van der Waals surface area contributed by atoms with Crippen molar-refractivity contribution < 1.29 is 32.7 Å². The largest absolute Gasteiger partial charge is 0.393 e. The summed E-state index contributed by atoms with van der Waals surface area (Å²) < 4.78 is 0. The summed E-state index contributed by atoms with van der Waals surface area (Å²) in [5, 5.41) is 11.9. The first-order valence-electron chi connectivity index (χ1n) is 4.92. The fourth-order valence-electron chi connectivity index (χ4n) is 1.48. The van der Waals surface area contributed by atoms with E-state index in [1.54, 1.807) is 12.1 Å². The number of allylic oxidation sites excluding steroid dienone is 2. The number of halogens is 1. The van der Waals surface area contributed by atoms with Gasteiger partial charge in [0.2, 0.25) is 0 Å². The van der Waals surface area contributed by atoms with Gasteiger partial charge in [-0.3, -0.25) is 0 Å². The van der Waals surface area contributed by atoms with Gasteiger partial charge in [-0.1, -0.05) is 41.1 Å². The van der Waals surface area contributed by atoms with E-state index < -0.39 is 0 Å². The standard InChI is InChI=1S/C13H10BrN2.Y/c1-9-12(14)6-7-13(16-9)11-4-2-10(8-15)3-5-11;/h2-5,12,16H,1,6H2;/q-1;. The van der Waals surface area contributed by atoms with Crippen LogP contribution in [0.2, 0.25) is 0 Å². The number of rotatable bonds is 1. The number of benzene rings is 1. The summed E-state index contributed by atoms with van der Waals surface area (Å²) in [4.78, 5) is 0.245. The van der Waals surface area contributed by atoms with E-state index in [4.69, 9.17) is 5.26 Å². The molecule has 1 N–H and O–H groups in total. The van der Waals surface area contributed by atoms with Crippen molar-refractivity contribution >= 4 is 21.6 Å². The van der Waals surface area contributed by atoms with Gasteiger partial charge in [-0.2, -0.15) is 10.8 Å². The van der Waals surface area contributed by atoms with Crippen molar-refractivity contribution in [3.05, 3.63) is 53.7 Å². The molecule has 1 radical (unpaired) electrons. The van der Waals surface area contributed by atoms with E-state index in [-0.39, 0.29) is 37.5 Å². The monoisotopic (exact) mass is 362 g/mol. The SMILES string of the molecule is C=C1NC(c2ccc(C#N)cc2)=[C-]CC1Br.[Y]. The van der Waals surface area contributed by atoms with Gasteiger partial charge in [0.25, 0.3) is 0 Å². The molecule has 1 atom stereocenters. The molecular weight excluding hydrogens is 353 g/mol. The number of hydrogen-bond donors (Lipinski definition) is 1. The van der Waals surface area contributed by atoms with E-state index in [0.717, 1.165) is 23.4 Å². The molecule has 0 saturated heterocycles. The fraction of sp³-hybridized carbons (Fsp3) is 0.154. The maximum Gasteiger partial charge on any atom is 0.0990 e. The Balaban J connectivity index is 0.00000144. The van der Waals surface area contributed by atoms with Crippen molar-refractivity contribution in [1.29, 1.82) is 5.26 Å². The van der Waals surface area contributed by atoms with Gasteiger partial charge in [0.1, 0.15) is 0 Å². The molecule has 83 valence electrons. The average molecular weight is 363 g/mol. The zero-order valence-electron chi connectivity index (χ0n) is 9.20. The predicted molar refractivity (Wildman–Crippen MR) is 67.4 cm³/mol. The second-order valence-electron chi connectivity index (χ2n) is 3.56. The number of nitrogens with one attached hydrogen (secondary N) is 1. The van der Waals surface area contributed by atoms with Crippen molar-refractivity contribution in [1.82, 2.24) is 5.32 Å². The van der Waals surface area contributed by atoms with Crippen molar-refractivity contribution in [3.63, 3.8) is 0 Å². The molecule has 1 heterocycles. The van der Waals surface area contributed by atoms with Crippen LogP contribution in [0.15, 0.2) is 36.5 Å². The van der Waals surface area contributed by atoms with Crippen LogP contribution < -0.4 is 5.32 Å². The molecule has 2 rings (SSSR count). The van der Waals surface area contributed by atoms with Crippen LogP contribution in [0.25, 0.3) is 5.70 Å². The van der Waals surface area contributed by atoms with Crippen molar-refractivity contribution in [2.24, 2.45) is 0 Å². The Morgan fingerprint density at radius 3 is 2.59 bits per heavy atom. The maximum absolute atomic E-state index is 8.71. The molecule has 0 bridgehead atoms. The van der Waals surface area contributed by atoms with E-state index in [1.807, 2.05) is 12.1 Å². The van der Waals surface area contributed by atoms with Gasteiger partial charge in [0.05, 0.1) is 6.07 Å². The zero-order valence-corrected chi connectivity index (χ0v) is 13.6. The van der Waals surface area contributed by atoms with Gasteiger partial charge in [-0.25, -0.2) is 6.08 Å². The molecular formula is C13H10BrN2Y-. The third-order valence-corrected chi connectivity index (χ3v) is 3.30. The topological polar surface area (TPSA) is 35.8 Å². The Hall–Kier alpha value is -0.426. The van der Waals surface area contributed by atoms with E-state index in [9.17, 15) is 0 Å². The molecule has 0 fully saturated rings. The molecule has 0 aliphatic carbocycles. The second kappa shape index (κ2) is 6.49.